The van der Waals surface area contributed by atoms with Gasteiger partial charge in [-0.05, 0) is 49.4 Å². The van der Waals surface area contributed by atoms with E-state index in [1.54, 1.807) is 7.11 Å². The molecule has 0 unspecified atom stereocenters. The van der Waals surface area contributed by atoms with Gasteiger partial charge in [-0.2, -0.15) is 0 Å². The molecule has 5 heteroatoms. The molecule has 0 aromatic heterocycles. The number of rotatable bonds is 1. The zero-order chi connectivity index (χ0) is 20.8. The van der Waals surface area contributed by atoms with Gasteiger partial charge in [0.1, 0.15) is 17.5 Å². The van der Waals surface area contributed by atoms with Gasteiger partial charge in [0.25, 0.3) is 0 Å². The first-order valence-electron chi connectivity index (χ1n) is 11.1. The quantitative estimate of drug-likeness (QED) is 0.721. The van der Waals surface area contributed by atoms with Crippen LogP contribution in [0.15, 0.2) is 23.5 Å². The standard InChI is InChI=1S/C24H34O5/c1-21(2)8-6-9-22(3)16(21)7-10-23(4)17(22)11-14-15(29-23)12-18(25)24(26)13-19(27-5)28-20(14)24/h11-12,16-17,19-20,26H,6-10,13H2,1-5H3/t16-,17+,19+,20-,22-,23-,24-/m0/s1. The molecule has 0 aromatic carbocycles. The second-order valence-corrected chi connectivity index (χ2v) is 11.1. The van der Waals surface area contributed by atoms with Crippen molar-refractivity contribution >= 4 is 5.78 Å². The molecule has 0 bridgehead atoms. The normalized spacial score (nSPS) is 50.3. The summed E-state index contributed by atoms with van der Waals surface area (Å²) in [7, 11) is 1.55. The Kier molecular flexibility index (Phi) is 4.06. The Balaban J connectivity index is 1.61. The van der Waals surface area contributed by atoms with Gasteiger partial charge in [-0.3, -0.25) is 4.79 Å². The Labute approximate surface area is 173 Å². The number of fused-ring (bicyclic) bond motifs is 6. The number of carbonyl (C=O) groups excluding carboxylic acids is 1. The van der Waals surface area contributed by atoms with Gasteiger partial charge in [-0.1, -0.05) is 33.3 Å². The Morgan fingerprint density at radius 2 is 1.93 bits per heavy atom. The van der Waals surface area contributed by atoms with Gasteiger partial charge in [-0.15, -0.1) is 0 Å². The molecule has 3 fully saturated rings. The number of hydrogen-bond acceptors (Lipinski definition) is 5. The van der Waals surface area contributed by atoms with E-state index in [2.05, 4.69) is 33.8 Å². The number of hydrogen-bond donors (Lipinski definition) is 1. The molecule has 29 heavy (non-hydrogen) atoms. The summed E-state index contributed by atoms with van der Waals surface area (Å²) in [6.45, 7) is 9.47. The fourth-order valence-corrected chi connectivity index (χ4v) is 7.54. The molecule has 7 atom stereocenters. The maximum absolute atomic E-state index is 12.8. The Bertz CT molecular complexity index is 812. The molecule has 3 aliphatic carbocycles. The minimum absolute atomic E-state index is 0.131. The average Bonchev–Trinajstić information content (AvgIpc) is 2.98. The molecule has 0 radical (unpaired) electrons. The molecule has 1 N–H and O–H groups in total. The van der Waals surface area contributed by atoms with Crippen LogP contribution in [0.1, 0.15) is 66.2 Å². The first-order valence-corrected chi connectivity index (χ1v) is 11.1. The van der Waals surface area contributed by atoms with E-state index in [9.17, 15) is 9.90 Å². The maximum atomic E-state index is 12.8. The van der Waals surface area contributed by atoms with E-state index in [1.165, 1.54) is 25.3 Å². The van der Waals surface area contributed by atoms with Crippen LogP contribution in [0.3, 0.4) is 0 Å². The SMILES string of the molecule is CO[C@H]1C[C@]2(O)C(=O)C=C3O[C@@]4(C)CC[C@H]5C(C)(C)CCC[C@]5(C)[C@H]4C=C3[C@@H]2O1. The second kappa shape index (κ2) is 5.95. The van der Waals surface area contributed by atoms with Gasteiger partial charge in [0, 0.05) is 31.1 Å². The van der Waals surface area contributed by atoms with Crippen molar-refractivity contribution in [2.45, 2.75) is 89.8 Å². The number of aliphatic hydroxyl groups is 1. The minimum atomic E-state index is -1.56. The number of ketones is 1. The van der Waals surface area contributed by atoms with Gasteiger partial charge < -0.3 is 19.3 Å². The molecule has 160 valence electrons. The van der Waals surface area contributed by atoms with Crippen LogP contribution in [0, 0.1) is 22.7 Å². The highest BCUT2D eigenvalue weighted by atomic mass is 16.7. The predicted octanol–water partition coefficient (Wildman–Crippen LogP) is 3.90. The summed E-state index contributed by atoms with van der Waals surface area (Å²) in [6, 6.07) is 0. The molecular weight excluding hydrogens is 368 g/mol. The van der Waals surface area contributed by atoms with E-state index in [-0.39, 0.29) is 29.1 Å². The summed E-state index contributed by atoms with van der Waals surface area (Å²) >= 11 is 0. The van der Waals surface area contributed by atoms with E-state index < -0.39 is 18.0 Å². The zero-order valence-electron chi connectivity index (χ0n) is 18.3. The van der Waals surface area contributed by atoms with Crippen LogP contribution in [-0.4, -0.2) is 41.6 Å². The highest BCUT2D eigenvalue weighted by Gasteiger charge is 2.63. The van der Waals surface area contributed by atoms with Crippen molar-refractivity contribution in [3.8, 4) is 0 Å². The van der Waals surface area contributed by atoms with Gasteiger partial charge in [0.2, 0.25) is 0 Å². The monoisotopic (exact) mass is 402 g/mol. The third kappa shape index (κ3) is 2.53. The fraction of sp³-hybridized carbons (Fsp3) is 0.792. The average molecular weight is 403 g/mol. The first-order chi connectivity index (χ1) is 13.5. The van der Waals surface area contributed by atoms with Crippen LogP contribution < -0.4 is 0 Å². The summed E-state index contributed by atoms with van der Waals surface area (Å²) in [5, 5.41) is 11.2. The smallest absolute Gasteiger partial charge is 0.194 e. The van der Waals surface area contributed by atoms with Crippen molar-refractivity contribution in [3.63, 3.8) is 0 Å². The maximum Gasteiger partial charge on any atom is 0.194 e. The van der Waals surface area contributed by atoms with E-state index in [4.69, 9.17) is 14.2 Å². The molecule has 2 saturated carbocycles. The van der Waals surface area contributed by atoms with Crippen LogP contribution in [-0.2, 0) is 19.0 Å². The van der Waals surface area contributed by atoms with E-state index in [0.29, 0.717) is 17.1 Å². The second-order valence-electron chi connectivity index (χ2n) is 11.1. The lowest BCUT2D eigenvalue weighted by Crippen LogP contribution is -2.60. The van der Waals surface area contributed by atoms with Crippen LogP contribution >= 0.6 is 0 Å². The molecule has 5 aliphatic rings. The molecule has 1 saturated heterocycles. The van der Waals surface area contributed by atoms with Crippen molar-refractivity contribution in [2.24, 2.45) is 22.7 Å². The van der Waals surface area contributed by atoms with Crippen molar-refractivity contribution in [3.05, 3.63) is 23.5 Å². The van der Waals surface area contributed by atoms with Gasteiger partial charge >= 0.3 is 0 Å². The Hall–Kier alpha value is -1.17. The number of ether oxygens (including phenoxy) is 3. The van der Waals surface area contributed by atoms with Crippen LogP contribution in [0.2, 0.25) is 0 Å². The number of methoxy groups -OCH3 is 1. The summed E-state index contributed by atoms with van der Waals surface area (Å²) in [4.78, 5) is 12.8. The largest absolute Gasteiger partial charge is 0.486 e. The van der Waals surface area contributed by atoms with E-state index in [1.807, 2.05) is 0 Å². The molecule has 2 heterocycles. The Morgan fingerprint density at radius 1 is 1.17 bits per heavy atom. The predicted molar refractivity (Wildman–Crippen MR) is 108 cm³/mol. The van der Waals surface area contributed by atoms with Gasteiger partial charge in [-0.25, -0.2) is 0 Å². The zero-order valence-corrected chi connectivity index (χ0v) is 18.3. The molecule has 0 aromatic rings. The lowest BCUT2D eigenvalue weighted by Gasteiger charge is -2.63. The number of carbonyl (C=O) groups is 1. The van der Waals surface area contributed by atoms with Crippen LogP contribution in [0.4, 0.5) is 0 Å². The topological polar surface area (TPSA) is 65.0 Å². The highest BCUT2D eigenvalue weighted by Crippen LogP contribution is 2.65. The first kappa shape index (κ1) is 19.8. The molecule has 0 amide bonds. The van der Waals surface area contributed by atoms with Crippen molar-refractivity contribution < 1.29 is 24.1 Å². The van der Waals surface area contributed by atoms with Crippen molar-refractivity contribution in [1.29, 1.82) is 0 Å². The third-order valence-electron chi connectivity index (χ3n) is 8.98. The van der Waals surface area contributed by atoms with E-state index >= 15 is 0 Å². The third-order valence-corrected chi connectivity index (χ3v) is 8.98. The van der Waals surface area contributed by atoms with E-state index in [0.717, 1.165) is 18.4 Å². The van der Waals surface area contributed by atoms with Crippen molar-refractivity contribution in [2.75, 3.05) is 7.11 Å². The van der Waals surface area contributed by atoms with Gasteiger partial charge in [0.05, 0.1) is 0 Å². The lowest BCUT2D eigenvalue weighted by molar-refractivity contribution is -0.171. The highest BCUT2D eigenvalue weighted by molar-refractivity contribution is 6.01. The summed E-state index contributed by atoms with van der Waals surface area (Å²) in [5.41, 5.74) is -0.611. The molecular formula is C24H34O5. The summed E-state index contributed by atoms with van der Waals surface area (Å²) in [6.07, 6.45) is 8.45. The van der Waals surface area contributed by atoms with Crippen LogP contribution in [0.25, 0.3) is 0 Å². The summed E-state index contributed by atoms with van der Waals surface area (Å²) in [5.74, 6) is 1.10. The molecule has 2 aliphatic heterocycles. The Morgan fingerprint density at radius 3 is 2.66 bits per heavy atom. The lowest BCUT2D eigenvalue weighted by atomic mass is 9.45. The molecule has 0 spiro atoms. The van der Waals surface area contributed by atoms with Crippen molar-refractivity contribution in [1.82, 2.24) is 0 Å². The van der Waals surface area contributed by atoms with Crippen LogP contribution in [0.5, 0.6) is 0 Å². The molecule has 5 nitrogen and oxygen atoms in total. The molecule has 5 rings (SSSR count). The fourth-order valence-electron chi connectivity index (χ4n) is 7.54. The minimum Gasteiger partial charge on any atom is -0.486 e. The van der Waals surface area contributed by atoms with Gasteiger partial charge in [0.15, 0.2) is 17.7 Å². The summed E-state index contributed by atoms with van der Waals surface area (Å²) < 4.78 is 17.9.